The topological polar surface area (TPSA) is 22.1 Å². The standard InChI is InChI=1S/C14H13BrClNO/c1-10-3-2-4-12(17-10)9-18-14-6-5-11(8-15)7-13(14)16/h2-7H,8-9H2,1H3. The van der Waals surface area contributed by atoms with Crippen LogP contribution in [-0.2, 0) is 11.9 Å². The normalized spacial score (nSPS) is 10.4. The summed E-state index contributed by atoms with van der Waals surface area (Å²) < 4.78 is 5.67. The van der Waals surface area contributed by atoms with Crippen LogP contribution in [0.3, 0.4) is 0 Å². The molecule has 0 bridgehead atoms. The second-order valence-electron chi connectivity index (χ2n) is 3.96. The van der Waals surface area contributed by atoms with E-state index in [-0.39, 0.29) is 0 Å². The van der Waals surface area contributed by atoms with E-state index in [1.165, 1.54) is 0 Å². The van der Waals surface area contributed by atoms with Crippen LogP contribution in [0.4, 0.5) is 0 Å². The molecule has 0 fully saturated rings. The van der Waals surface area contributed by atoms with Gasteiger partial charge in [0.05, 0.1) is 10.7 Å². The van der Waals surface area contributed by atoms with Gasteiger partial charge in [-0.25, -0.2) is 0 Å². The molecule has 0 radical (unpaired) electrons. The van der Waals surface area contributed by atoms with Gasteiger partial charge >= 0.3 is 0 Å². The van der Waals surface area contributed by atoms with E-state index in [0.29, 0.717) is 17.4 Å². The maximum atomic E-state index is 6.14. The van der Waals surface area contributed by atoms with Gasteiger partial charge in [-0.2, -0.15) is 0 Å². The predicted octanol–water partition coefficient (Wildman–Crippen LogP) is 4.52. The number of nitrogens with zero attached hydrogens (tertiary/aromatic N) is 1. The highest BCUT2D eigenvalue weighted by atomic mass is 79.9. The summed E-state index contributed by atoms with van der Waals surface area (Å²) in [6.45, 7) is 2.39. The number of alkyl halides is 1. The highest BCUT2D eigenvalue weighted by Gasteiger charge is 2.04. The van der Waals surface area contributed by atoms with Crippen molar-refractivity contribution in [2.24, 2.45) is 0 Å². The molecule has 1 aromatic heterocycles. The van der Waals surface area contributed by atoms with Gasteiger partial charge < -0.3 is 4.74 Å². The lowest BCUT2D eigenvalue weighted by Gasteiger charge is -2.08. The summed E-state index contributed by atoms with van der Waals surface area (Å²) in [4.78, 5) is 4.38. The van der Waals surface area contributed by atoms with Gasteiger partial charge in [-0.15, -0.1) is 0 Å². The Labute approximate surface area is 120 Å². The molecule has 0 saturated heterocycles. The van der Waals surface area contributed by atoms with Crippen LogP contribution in [-0.4, -0.2) is 4.98 Å². The van der Waals surface area contributed by atoms with Gasteiger partial charge in [0.1, 0.15) is 12.4 Å². The summed E-state index contributed by atoms with van der Waals surface area (Å²) in [6, 6.07) is 11.6. The molecule has 0 unspecified atom stereocenters. The Kier molecular flexibility index (Phi) is 4.61. The highest BCUT2D eigenvalue weighted by Crippen LogP contribution is 2.26. The zero-order chi connectivity index (χ0) is 13.0. The van der Waals surface area contributed by atoms with Crippen LogP contribution < -0.4 is 4.74 Å². The first-order valence-corrected chi connectivity index (χ1v) is 7.08. The first-order valence-electron chi connectivity index (χ1n) is 5.59. The molecule has 0 aliphatic heterocycles. The minimum absolute atomic E-state index is 0.426. The van der Waals surface area contributed by atoms with Gasteiger partial charge in [0.15, 0.2) is 0 Å². The van der Waals surface area contributed by atoms with Crippen molar-refractivity contribution in [3.8, 4) is 5.75 Å². The van der Waals surface area contributed by atoms with Gasteiger partial charge in [0, 0.05) is 11.0 Å². The van der Waals surface area contributed by atoms with E-state index in [9.17, 15) is 0 Å². The second-order valence-corrected chi connectivity index (χ2v) is 4.93. The van der Waals surface area contributed by atoms with Crippen LogP contribution >= 0.6 is 27.5 Å². The lowest BCUT2D eigenvalue weighted by molar-refractivity contribution is 0.301. The van der Waals surface area contributed by atoms with Crippen molar-refractivity contribution in [2.75, 3.05) is 0 Å². The first-order chi connectivity index (χ1) is 8.69. The average Bonchev–Trinajstić information content (AvgIpc) is 2.37. The molecule has 2 rings (SSSR count). The Morgan fingerprint density at radius 2 is 2.11 bits per heavy atom. The summed E-state index contributed by atoms with van der Waals surface area (Å²) in [5, 5.41) is 1.41. The third-order valence-electron chi connectivity index (χ3n) is 2.47. The number of rotatable bonds is 4. The van der Waals surface area contributed by atoms with Crippen molar-refractivity contribution in [3.63, 3.8) is 0 Å². The number of pyridine rings is 1. The predicted molar refractivity (Wildman–Crippen MR) is 77.4 cm³/mol. The summed E-state index contributed by atoms with van der Waals surface area (Å²) in [6.07, 6.45) is 0. The third-order valence-corrected chi connectivity index (χ3v) is 3.41. The molecule has 2 nitrogen and oxygen atoms in total. The Balaban J connectivity index is 2.06. The smallest absolute Gasteiger partial charge is 0.138 e. The minimum Gasteiger partial charge on any atom is -0.486 e. The van der Waals surface area contributed by atoms with Crippen molar-refractivity contribution < 1.29 is 4.74 Å². The molecule has 18 heavy (non-hydrogen) atoms. The lowest BCUT2D eigenvalue weighted by Crippen LogP contribution is -1.99. The van der Waals surface area contributed by atoms with Crippen molar-refractivity contribution in [3.05, 3.63) is 58.4 Å². The van der Waals surface area contributed by atoms with E-state index >= 15 is 0 Å². The SMILES string of the molecule is Cc1cccc(COc2ccc(CBr)cc2Cl)n1. The molecule has 1 heterocycles. The molecule has 0 aliphatic rings. The Bertz CT molecular complexity index is 545. The second kappa shape index (κ2) is 6.21. The van der Waals surface area contributed by atoms with Gasteiger partial charge in [0.25, 0.3) is 0 Å². The van der Waals surface area contributed by atoms with E-state index in [0.717, 1.165) is 22.3 Å². The Morgan fingerprint density at radius 3 is 2.78 bits per heavy atom. The number of halogens is 2. The summed E-state index contributed by atoms with van der Waals surface area (Å²) >= 11 is 9.53. The van der Waals surface area contributed by atoms with Crippen LogP contribution in [0.5, 0.6) is 5.75 Å². The average molecular weight is 327 g/mol. The number of aromatic nitrogens is 1. The number of benzene rings is 1. The number of hydrogen-bond acceptors (Lipinski definition) is 2. The molecule has 0 atom stereocenters. The summed E-state index contributed by atoms with van der Waals surface area (Å²) in [5.41, 5.74) is 3.01. The Hall–Kier alpha value is -1.06. The van der Waals surface area contributed by atoms with Crippen molar-refractivity contribution in [1.29, 1.82) is 0 Å². The van der Waals surface area contributed by atoms with Gasteiger partial charge in [0.2, 0.25) is 0 Å². The molecule has 0 spiro atoms. The van der Waals surface area contributed by atoms with E-state index in [1.54, 1.807) is 0 Å². The largest absolute Gasteiger partial charge is 0.486 e. The molecule has 0 saturated carbocycles. The monoisotopic (exact) mass is 325 g/mol. The summed E-state index contributed by atoms with van der Waals surface area (Å²) in [5.74, 6) is 0.685. The van der Waals surface area contributed by atoms with Crippen LogP contribution in [0, 0.1) is 6.92 Å². The van der Waals surface area contributed by atoms with Crippen molar-refractivity contribution in [2.45, 2.75) is 18.9 Å². The molecular formula is C14H13BrClNO. The molecule has 1 aromatic carbocycles. The van der Waals surface area contributed by atoms with Gasteiger partial charge in [-0.1, -0.05) is 39.7 Å². The van der Waals surface area contributed by atoms with E-state index in [1.807, 2.05) is 43.3 Å². The molecule has 0 N–H and O–H groups in total. The molecule has 94 valence electrons. The number of hydrogen-bond donors (Lipinski definition) is 0. The van der Waals surface area contributed by atoms with Gasteiger partial charge in [-0.05, 0) is 36.8 Å². The van der Waals surface area contributed by atoms with E-state index in [4.69, 9.17) is 16.3 Å². The molecule has 0 aliphatic carbocycles. The van der Waals surface area contributed by atoms with Crippen molar-refractivity contribution >= 4 is 27.5 Å². The quantitative estimate of drug-likeness (QED) is 0.771. The minimum atomic E-state index is 0.426. The number of ether oxygens (including phenoxy) is 1. The maximum Gasteiger partial charge on any atom is 0.138 e. The Morgan fingerprint density at radius 1 is 1.28 bits per heavy atom. The fraction of sp³-hybridized carbons (Fsp3) is 0.214. The zero-order valence-electron chi connectivity index (χ0n) is 9.99. The summed E-state index contributed by atoms with van der Waals surface area (Å²) in [7, 11) is 0. The van der Waals surface area contributed by atoms with Crippen LogP contribution in [0.2, 0.25) is 5.02 Å². The molecule has 0 amide bonds. The highest BCUT2D eigenvalue weighted by molar-refractivity contribution is 9.08. The third kappa shape index (κ3) is 3.47. The molecule has 2 aromatic rings. The van der Waals surface area contributed by atoms with Crippen LogP contribution in [0.25, 0.3) is 0 Å². The van der Waals surface area contributed by atoms with Gasteiger partial charge in [-0.3, -0.25) is 4.98 Å². The van der Waals surface area contributed by atoms with Crippen LogP contribution in [0.15, 0.2) is 36.4 Å². The fourth-order valence-electron chi connectivity index (χ4n) is 1.58. The first kappa shape index (κ1) is 13.4. The number of aryl methyl sites for hydroxylation is 1. The maximum absolute atomic E-state index is 6.14. The van der Waals surface area contributed by atoms with E-state index < -0.39 is 0 Å². The fourth-order valence-corrected chi connectivity index (χ4v) is 2.18. The van der Waals surface area contributed by atoms with Crippen molar-refractivity contribution in [1.82, 2.24) is 4.98 Å². The molecular weight excluding hydrogens is 314 g/mol. The zero-order valence-corrected chi connectivity index (χ0v) is 12.3. The lowest BCUT2D eigenvalue weighted by atomic mass is 10.2. The van der Waals surface area contributed by atoms with E-state index in [2.05, 4.69) is 20.9 Å². The molecule has 4 heteroatoms. The van der Waals surface area contributed by atoms with Crippen LogP contribution in [0.1, 0.15) is 17.0 Å².